The van der Waals surface area contributed by atoms with Gasteiger partial charge < -0.3 is 14.2 Å². The van der Waals surface area contributed by atoms with Gasteiger partial charge in [0.2, 0.25) is 5.78 Å². The maximum absolute atomic E-state index is 12.4. The van der Waals surface area contributed by atoms with E-state index in [-0.39, 0.29) is 18.1 Å². The molecule has 1 aliphatic rings. The molecule has 0 saturated carbocycles. The molecule has 134 valence electrons. The van der Waals surface area contributed by atoms with E-state index in [9.17, 15) is 9.59 Å². The van der Waals surface area contributed by atoms with Gasteiger partial charge in [0.05, 0.1) is 5.56 Å². The smallest absolute Gasteiger partial charge is 0.344 e. The summed E-state index contributed by atoms with van der Waals surface area (Å²) in [6.07, 6.45) is 4.93. The molecule has 1 aromatic heterocycles. The summed E-state index contributed by atoms with van der Waals surface area (Å²) in [5.41, 5.74) is 0.648. The second-order valence-corrected chi connectivity index (χ2v) is 6.76. The molecule has 0 saturated heterocycles. The molecule has 0 atom stereocenters. The number of benzene rings is 1. The van der Waals surface area contributed by atoms with Crippen LogP contribution in [0.25, 0.3) is 6.08 Å². The predicted octanol–water partition coefficient (Wildman–Crippen LogP) is 3.42. The molecule has 0 N–H and O–H groups in total. The van der Waals surface area contributed by atoms with Gasteiger partial charge in [-0.15, -0.1) is 0 Å². The van der Waals surface area contributed by atoms with E-state index in [2.05, 4.69) is 4.98 Å². The van der Waals surface area contributed by atoms with Crippen LogP contribution in [0, 0.1) is 0 Å². The zero-order valence-electron chi connectivity index (χ0n) is 14.8. The van der Waals surface area contributed by atoms with Gasteiger partial charge in [0, 0.05) is 18.5 Å². The van der Waals surface area contributed by atoms with Crippen LogP contribution in [0.15, 0.2) is 48.5 Å². The van der Waals surface area contributed by atoms with Crippen molar-refractivity contribution < 1.29 is 23.8 Å². The van der Waals surface area contributed by atoms with Gasteiger partial charge in [-0.05, 0) is 50.6 Å². The monoisotopic (exact) mass is 353 g/mol. The van der Waals surface area contributed by atoms with Gasteiger partial charge in [0.15, 0.2) is 12.4 Å². The maximum Gasteiger partial charge on any atom is 0.344 e. The average molecular weight is 353 g/mol. The Bertz CT molecular complexity index is 866. The summed E-state index contributed by atoms with van der Waals surface area (Å²) in [4.78, 5) is 28.1. The standard InChI is InChI=1S/C20H19NO5/c1-20(2,3)26-18(22)12-24-14-6-7-15-16(10-14)25-17(19(15)23)9-13-5-4-8-21-11-13/h4-11H,12H2,1-3H3/b17-9-. The number of esters is 1. The number of hydrogen-bond donors (Lipinski definition) is 0. The lowest BCUT2D eigenvalue weighted by atomic mass is 10.1. The first-order valence-electron chi connectivity index (χ1n) is 8.15. The van der Waals surface area contributed by atoms with Crippen LogP contribution in [-0.4, -0.2) is 28.9 Å². The molecule has 0 aliphatic carbocycles. The van der Waals surface area contributed by atoms with E-state index in [1.807, 2.05) is 6.07 Å². The summed E-state index contributed by atoms with van der Waals surface area (Å²) in [7, 11) is 0. The lowest BCUT2D eigenvalue weighted by Gasteiger charge is -2.19. The highest BCUT2D eigenvalue weighted by atomic mass is 16.6. The Morgan fingerprint density at radius 1 is 1.27 bits per heavy atom. The van der Waals surface area contributed by atoms with E-state index < -0.39 is 11.6 Å². The van der Waals surface area contributed by atoms with Gasteiger partial charge in [-0.1, -0.05) is 6.07 Å². The predicted molar refractivity (Wildman–Crippen MR) is 95.0 cm³/mol. The number of ketones is 1. The molecule has 1 aromatic carbocycles. The first-order chi connectivity index (χ1) is 12.3. The third kappa shape index (κ3) is 4.27. The summed E-state index contributed by atoms with van der Waals surface area (Å²) in [6.45, 7) is 5.14. The van der Waals surface area contributed by atoms with Crippen molar-refractivity contribution in [1.29, 1.82) is 0 Å². The van der Waals surface area contributed by atoms with Crippen LogP contribution in [0.4, 0.5) is 0 Å². The fraction of sp³-hybridized carbons (Fsp3) is 0.250. The number of nitrogens with zero attached hydrogens (tertiary/aromatic N) is 1. The summed E-state index contributed by atoms with van der Waals surface area (Å²) in [6, 6.07) is 8.43. The Labute approximate surface area is 151 Å². The van der Waals surface area contributed by atoms with Crippen molar-refractivity contribution in [3.8, 4) is 11.5 Å². The summed E-state index contributed by atoms with van der Waals surface area (Å²) >= 11 is 0. The average Bonchev–Trinajstić information content (AvgIpc) is 2.88. The van der Waals surface area contributed by atoms with E-state index in [1.54, 1.807) is 63.5 Å². The summed E-state index contributed by atoms with van der Waals surface area (Å²) in [5, 5.41) is 0. The van der Waals surface area contributed by atoms with Gasteiger partial charge >= 0.3 is 5.97 Å². The Balaban J connectivity index is 1.70. The minimum absolute atomic E-state index is 0.206. The fourth-order valence-electron chi connectivity index (χ4n) is 2.38. The van der Waals surface area contributed by atoms with Gasteiger partial charge in [0.1, 0.15) is 17.1 Å². The molecule has 2 aromatic rings. The van der Waals surface area contributed by atoms with Crippen molar-refractivity contribution in [2.24, 2.45) is 0 Å². The lowest BCUT2D eigenvalue weighted by molar-refractivity contribution is -0.157. The van der Waals surface area contributed by atoms with Crippen molar-refractivity contribution in [2.45, 2.75) is 26.4 Å². The van der Waals surface area contributed by atoms with E-state index in [0.29, 0.717) is 17.1 Å². The van der Waals surface area contributed by atoms with Crippen LogP contribution in [-0.2, 0) is 9.53 Å². The Morgan fingerprint density at radius 3 is 2.77 bits per heavy atom. The largest absolute Gasteiger partial charge is 0.482 e. The zero-order chi connectivity index (χ0) is 18.7. The molecular weight excluding hydrogens is 334 g/mol. The molecule has 0 bridgehead atoms. The first-order valence-corrected chi connectivity index (χ1v) is 8.15. The van der Waals surface area contributed by atoms with Crippen LogP contribution in [0.3, 0.4) is 0 Å². The topological polar surface area (TPSA) is 74.7 Å². The van der Waals surface area contributed by atoms with Crippen molar-refractivity contribution in [2.75, 3.05) is 6.61 Å². The van der Waals surface area contributed by atoms with Crippen LogP contribution < -0.4 is 9.47 Å². The highest BCUT2D eigenvalue weighted by Gasteiger charge is 2.28. The quantitative estimate of drug-likeness (QED) is 0.619. The van der Waals surface area contributed by atoms with Crippen LogP contribution in [0.5, 0.6) is 11.5 Å². The number of pyridine rings is 1. The number of Topliss-reactive ketones (excluding diaryl/α,β-unsaturated/α-hetero) is 1. The SMILES string of the molecule is CC(C)(C)OC(=O)COc1ccc2c(c1)O/C(=C\c1cccnc1)C2=O. The van der Waals surface area contributed by atoms with E-state index >= 15 is 0 Å². The Kier molecular flexibility index (Phi) is 4.75. The lowest BCUT2D eigenvalue weighted by Crippen LogP contribution is -2.27. The number of hydrogen-bond acceptors (Lipinski definition) is 6. The van der Waals surface area contributed by atoms with E-state index in [0.717, 1.165) is 5.56 Å². The van der Waals surface area contributed by atoms with Gasteiger partial charge in [0.25, 0.3) is 0 Å². The molecule has 0 radical (unpaired) electrons. The van der Waals surface area contributed by atoms with Crippen molar-refractivity contribution in [3.05, 3.63) is 59.6 Å². The normalized spacial score (nSPS) is 14.7. The van der Waals surface area contributed by atoms with E-state index in [4.69, 9.17) is 14.2 Å². The zero-order valence-corrected chi connectivity index (χ0v) is 14.8. The maximum atomic E-state index is 12.4. The van der Waals surface area contributed by atoms with Gasteiger partial charge in [-0.2, -0.15) is 0 Å². The molecule has 2 heterocycles. The number of ether oxygens (including phenoxy) is 3. The van der Waals surface area contributed by atoms with Crippen LogP contribution in [0.2, 0.25) is 0 Å². The molecular formula is C20H19NO5. The number of aromatic nitrogens is 1. The molecule has 6 heteroatoms. The molecule has 1 aliphatic heterocycles. The third-order valence-electron chi connectivity index (χ3n) is 3.40. The molecule has 0 unspecified atom stereocenters. The molecule has 0 spiro atoms. The molecule has 0 fully saturated rings. The second-order valence-electron chi connectivity index (χ2n) is 6.76. The Morgan fingerprint density at radius 2 is 2.08 bits per heavy atom. The molecule has 6 nitrogen and oxygen atoms in total. The highest BCUT2D eigenvalue weighted by Crippen LogP contribution is 2.34. The van der Waals surface area contributed by atoms with Crippen LogP contribution in [0.1, 0.15) is 36.7 Å². The number of fused-ring (bicyclic) bond motifs is 1. The number of allylic oxidation sites excluding steroid dienone is 1. The van der Waals surface area contributed by atoms with Crippen molar-refractivity contribution in [3.63, 3.8) is 0 Å². The number of rotatable bonds is 4. The van der Waals surface area contributed by atoms with Gasteiger partial charge in [-0.25, -0.2) is 4.79 Å². The fourth-order valence-corrected chi connectivity index (χ4v) is 2.38. The molecule has 0 amide bonds. The molecule has 3 rings (SSSR count). The van der Waals surface area contributed by atoms with Crippen molar-refractivity contribution in [1.82, 2.24) is 4.98 Å². The van der Waals surface area contributed by atoms with Gasteiger partial charge in [-0.3, -0.25) is 9.78 Å². The Hall–Kier alpha value is -3.15. The first kappa shape index (κ1) is 17.7. The number of carbonyl (C=O) groups excluding carboxylic acids is 2. The number of carbonyl (C=O) groups is 2. The molecule has 26 heavy (non-hydrogen) atoms. The highest BCUT2D eigenvalue weighted by molar-refractivity contribution is 6.14. The van der Waals surface area contributed by atoms with Crippen molar-refractivity contribution >= 4 is 17.8 Å². The minimum Gasteiger partial charge on any atom is -0.482 e. The van der Waals surface area contributed by atoms with Crippen LogP contribution >= 0.6 is 0 Å². The summed E-state index contributed by atoms with van der Waals surface area (Å²) in [5.74, 6) is 0.365. The van der Waals surface area contributed by atoms with E-state index in [1.165, 1.54) is 0 Å². The third-order valence-corrected chi connectivity index (χ3v) is 3.40. The minimum atomic E-state index is -0.570. The second kappa shape index (κ2) is 7.00. The summed E-state index contributed by atoms with van der Waals surface area (Å²) < 4.78 is 16.3.